The third-order valence-electron chi connectivity index (χ3n) is 5.21. The third-order valence-corrected chi connectivity index (χ3v) is 5.21. The van der Waals surface area contributed by atoms with Crippen LogP contribution in [0.2, 0.25) is 0 Å². The highest BCUT2D eigenvalue weighted by atomic mass is 16.5. The second-order valence-electron chi connectivity index (χ2n) is 7.02. The minimum Gasteiger partial charge on any atom is -0.495 e. The molecular weight excluding hydrogens is 392 g/mol. The molecule has 3 rings (SSSR count). The SMILES string of the molecule is C#CCOc1cc(CNC(=NC)N2CCN(c3ccccc3OC)CC2)ccc1OC. The Morgan fingerprint density at radius 2 is 1.77 bits per heavy atom. The van der Waals surface area contributed by atoms with Gasteiger partial charge in [0.25, 0.3) is 0 Å². The number of terminal acetylenes is 1. The number of aliphatic imine (C=N–C) groups is 1. The van der Waals surface area contributed by atoms with Crippen molar-refractivity contribution in [1.29, 1.82) is 0 Å². The molecule has 0 radical (unpaired) electrons. The van der Waals surface area contributed by atoms with Crippen LogP contribution in [-0.4, -0.2) is 64.9 Å². The van der Waals surface area contributed by atoms with Gasteiger partial charge in [-0.3, -0.25) is 4.99 Å². The average molecular weight is 423 g/mol. The van der Waals surface area contributed by atoms with Crippen LogP contribution in [0.4, 0.5) is 5.69 Å². The van der Waals surface area contributed by atoms with Crippen molar-refractivity contribution < 1.29 is 14.2 Å². The number of benzene rings is 2. The number of anilines is 1. The van der Waals surface area contributed by atoms with Crippen LogP contribution in [-0.2, 0) is 6.54 Å². The molecule has 1 aliphatic rings. The summed E-state index contributed by atoms with van der Waals surface area (Å²) in [5, 5.41) is 3.45. The summed E-state index contributed by atoms with van der Waals surface area (Å²) in [5.41, 5.74) is 2.19. The number of nitrogens with one attached hydrogen (secondary N) is 1. The fourth-order valence-corrected chi connectivity index (χ4v) is 3.63. The van der Waals surface area contributed by atoms with Gasteiger partial charge in [-0.25, -0.2) is 0 Å². The molecule has 1 N–H and O–H groups in total. The zero-order valence-electron chi connectivity index (χ0n) is 18.4. The van der Waals surface area contributed by atoms with Crippen molar-refractivity contribution >= 4 is 11.6 Å². The zero-order valence-corrected chi connectivity index (χ0v) is 18.4. The van der Waals surface area contributed by atoms with Crippen molar-refractivity contribution in [1.82, 2.24) is 10.2 Å². The van der Waals surface area contributed by atoms with Gasteiger partial charge in [0.1, 0.15) is 12.4 Å². The molecule has 0 unspecified atom stereocenters. The Bertz CT molecular complexity index is 931. The summed E-state index contributed by atoms with van der Waals surface area (Å²) in [6.07, 6.45) is 5.31. The predicted octanol–water partition coefficient (Wildman–Crippen LogP) is 2.61. The maximum atomic E-state index is 5.59. The molecule has 7 heteroatoms. The predicted molar refractivity (Wildman–Crippen MR) is 124 cm³/mol. The van der Waals surface area contributed by atoms with Crippen molar-refractivity contribution in [3.05, 3.63) is 48.0 Å². The van der Waals surface area contributed by atoms with Crippen LogP contribution < -0.4 is 24.4 Å². The van der Waals surface area contributed by atoms with E-state index in [2.05, 4.69) is 32.1 Å². The number of nitrogens with zero attached hydrogens (tertiary/aromatic N) is 3. The fraction of sp³-hybridized carbons (Fsp3) is 0.375. The van der Waals surface area contributed by atoms with E-state index in [0.29, 0.717) is 18.0 Å². The van der Waals surface area contributed by atoms with Crippen LogP contribution in [0.25, 0.3) is 0 Å². The summed E-state index contributed by atoms with van der Waals surface area (Å²) in [6, 6.07) is 14.0. The van der Waals surface area contributed by atoms with Crippen molar-refractivity contribution in [3.63, 3.8) is 0 Å². The minimum absolute atomic E-state index is 0.200. The molecule has 31 heavy (non-hydrogen) atoms. The van der Waals surface area contributed by atoms with Gasteiger partial charge in [0.2, 0.25) is 0 Å². The Labute approximate surface area is 184 Å². The van der Waals surface area contributed by atoms with Crippen LogP contribution in [0.5, 0.6) is 17.2 Å². The first-order valence-electron chi connectivity index (χ1n) is 10.3. The first-order chi connectivity index (χ1) is 15.2. The summed E-state index contributed by atoms with van der Waals surface area (Å²) in [5.74, 6) is 5.56. The Morgan fingerprint density at radius 3 is 2.45 bits per heavy atom. The van der Waals surface area contributed by atoms with Crippen molar-refractivity contribution in [2.45, 2.75) is 6.54 Å². The molecule has 0 bridgehead atoms. The highest BCUT2D eigenvalue weighted by Gasteiger charge is 2.21. The quantitative estimate of drug-likeness (QED) is 0.421. The van der Waals surface area contributed by atoms with E-state index in [1.807, 2.05) is 43.4 Å². The zero-order chi connectivity index (χ0) is 22.1. The minimum atomic E-state index is 0.200. The number of hydrogen-bond acceptors (Lipinski definition) is 5. The molecule has 0 atom stereocenters. The molecule has 1 heterocycles. The van der Waals surface area contributed by atoms with Gasteiger partial charge in [-0.2, -0.15) is 0 Å². The van der Waals surface area contributed by atoms with Gasteiger partial charge < -0.3 is 29.3 Å². The van der Waals surface area contributed by atoms with Crippen molar-refractivity contribution in [2.75, 3.05) is 59.0 Å². The molecule has 164 valence electrons. The normalized spacial score (nSPS) is 14.1. The summed E-state index contributed by atoms with van der Waals surface area (Å²) in [7, 11) is 5.13. The second-order valence-corrected chi connectivity index (χ2v) is 7.02. The van der Waals surface area contributed by atoms with E-state index in [-0.39, 0.29) is 6.61 Å². The molecule has 0 spiro atoms. The summed E-state index contributed by atoms with van der Waals surface area (Å²) < 4.78 is 16.4. The first-order valence-corrected chi connectivity index (χ1v) is 10.3. The van der Waals surface area contributed by atoms with Gasteiger partial charge in [-0.05, 0) is 29.8 Å². The fourth-order valence-electron chi connectivity index (χ4n) is 3.63. The molecule has 1 saturated heterocycles. The standard InChI is InChI=1S/C24H30N4O3/c1-5-16-31-23-17-19(10-11-22(23)30-4)18-26-24(25-2)28-14-12-27(13-15-28)20-8-6-7-9-21(20)29-3/h1,6-11,17H,12-16,18H2,2-4H3,(H,25,26). The number of guanidine groups is 1. The first kappa shape index (κ1) is 22.2. The van der Waals surface area contributed by atoms with Gasteiger partial charge in [-0.1, -0.05) is 24.1 Å². The van der Waals surface area contributed by atoms with E-state index in [1.54, 1.807) is 14.2 Å². The molecule has 2 aromatic rings. The average Bonchev–Trinajstić information content (AvgIpc) is 2.83. The van der Waals surface area contributed by atoms with Gasteiger partial charge in [0, 0.05) is 39.8 Å². The Kier molecular flexibility index (Phi) is 7.88. The number of para-hydroxylation sites is 2. The van der Waals surface area contributed by atoms with Crippen LogP contribution >= 0.6 is 0 Å². The number of ether oxygens (including phenoxy) is 3. The molecule has 0 aromatic heterocycles. The molecule has 0 aliphatic carbocycles. The van der Waals surface area contributed by atoms with E-state index < -0.39 is 0 Å². The lowest BCUT2D eigenvalue weighted by Crippen LogP contribution is -2.52. The van der Waals surface area contributed by atoms with Gasteiger partial charge in [0.15, 0.2) is 17.5 Å². The number of piperazine rings is 1. The molecule has 0 amide bonds. The molecular formula is C24H30N4O3. The lowest BCUT2D eigenvalue weighted by Gasteiger charge is -2.38. The topological polar surface area (TPSA) is 58.6 Å². The third kappa shape index (κ3) is 5.54. The molecule has 1 aliphatic heterocycles. The largest absolute Gasteiger partial charge is 0.495 e. The Balaban J connectivity index is 1.58. The van der Waals surface area contributed by atoms with Gasteiger partial charge in [0.05, 0.1) is 19.9 Å². The molecule has 1 fully saturated rings. The lowest BCUT2D eigenvalue weighted by molar-refractivity contribution is 0.330. The summed E-state index contributed by atoms with van der Waals surface area (Å²) in [6.45, 7) is 4.36. The van der Waals surface area contributed by atoms with E-state index in [1.165, 1.54) is 0 Å². The molecule has 0 saturated carbocycles. The van der Waals surface area contributed by atoms with E-state index in [4.69, 9.17) is 20.6 Å². The van der Waals surface area contributed by atoms with Crippen molar-refractivity contribution in [3.8, 4) is 29.6 Å². The smallest absolute Gasteiger partial charge is 0.194 e. The monoisotopic (exact) mass is 422 g/mol. The Hall–Kier alpha value is -3.53. The van der Waals surface area contributed by atoms with Crippen LogP contribution in [0.3, 0.4) is 0 Å². The van der Waals surface area contributed by atoms with E-state index in [9.17, 15) is 0 Å². The molecule has 2 aromatic carbocycles. The number of hydrogen-bond donors (Lipinski definition) is 1. The number of methoxy groups -OCH3 is 2. The van der Waals surface area contributed by atoms with E-state index >= 15 is 0 Å². The van der Waals surface area contributed by atoms with Crippen molar-refractivity contribution in [2.24, 2.45) is 4.99 Å². The van der Waals surface area contributed by atoms with Crippen LogP contribution in [0.15, 0.2) is 47.5 Å². The van der Waals surface area contributed by atoms with E-state index in [0.717, 1.165) is 49.1 Å². The highest BCUT2D eigenvalue weighted by Crippen LogP contribution is 2.29. The summed E-state index contributed by atoms with van der Waals surface area (Å²) >= 11 is 0. The van der Waals surface area contributed by atoms with Crippen LogP contribution in [0, 0.1) is 12.3 Å². The number of rotatable bonds is 7. The van der Waals surface area contributed by atoms with Gasteiger partial charge >= 0.3 is 0 Å². The lowest BCUT2D eigenvalue weighted by atomic mass is 10.2. The Morgan fingerprint density at radius 1 is 1.03 bits per heavy atom. The molecule has 7 nitrogen and oxygen atoms in total. The van der Waals surface area contributed by atoms with Crippen LogP contribution in [0.1, 0.15) is 5.56 Å². The maximum absolute atomic E-state index is 5.59. The van der Waals surface area contributed by atoms with Gasteiger partial charge in [-0.15, -0.1) is 6.42 Å². The maximum Gasteiger partial charge on any atom is 0.194 e. The highest BCUT2D eigenvalue weighted by molar-refractivity contribution is 5.80. The second kappa shape index (κ2) is 11.0. The summed E-state index contributed by atoms with van der Waals surface area (Å²) in [4.78, 5) is 9.09.